The average molecular weight is 345 g/mol. The van der Waals surface area contributed by atoms with Gasteiger partial charge in [-0.05, 0) is 58.7 Å². The topological polar surface area (TPSA) is 80.3 Å². The van der Waals surface area contributed by atoms with Crippen molar-refractivity contribution in [3.63, 3.8) is 0 Å². The van der Waals surface area contributed by atoms with Gasteiger partial charge in [0, 0.05) is 24.1 Å². The summed E-state index contributed by atoms with van der Waals surface area (Å²) in [6.07, 6.45) is 3.50. The number of amides is 1. The Balaban J connectivity index is 1.66. The summed E-state index contributed by atoms with van der Waals surface area (Å²) >= 11 is 0. The van der Waals surface area contributed by atoms with Crippen LogP contribution in [0.25, 0.3) is 0 Å². The molecule has 2 N–H and O–H groups in total. The van der Waals surface area contributed by atoms with Crippen LogP contribution in [0.3, 0.4) is 0 Å². The number of hydrogen-bond donors (Lipinski definition) is 2. The highest BCUT2D eigenvalue weighted by Crippen LogP contribution is 2.41. The van der Waals surface area contributed by atoms with E-state index in [-0.39, 0.29) is 17.5 Å². The summed E-state index contributed by atoms with van der Waals surface area (Å²) in [5, 5.41) is 17.6. The van der Waals surface area contributed by atoms with Gasteiger partial charge in [0.15, 0.2) is 0 Å². The Morgan fingerprint density at radius 1 is 1.48 bits per heavy atom. The van der Waals surface area contributed by atoms with E-state index in [0.717, 1.165) is 18.5 Å². The molecule has 0 spiro atoms. The van der Waals surface area contributed by atoms with E-state index in [1.165, 1.54) is 6.26 Å². The molecule has 1 aliphatic carbocycles. The van der Waals surface area contributed by atoms with Crippen molar-refractivity contribution in [2.75, 3.05) is 0 Å². The summed E-state index contributed by atoms with van der Waals surface area (Å²) in [5.41, 5.74) is 1.43. The Kier molecular flexibility index (Phi) is 4.73. The fourth-order valence-corrected chi connectivity index (χ4v) is 3.00. The molecular weight excluding hydrogens is 318 g/mol. The van der Waals surface area contributed by atoms with E-state index >= 15 is 0 Å². The first-order chi connectivity index (χ1) is 11.8. The molecule has 1 fully saturated rings. The summed E-state index contributed by atoms with van der Waals surface area (Å²) in [7, 11) is 0. The zero-order valence-electron chi connectivity index (χ0n) is 15.3. The first kappa shape index (κ1) is 17.7. The smallest absolute Gasteiger partial charge is 0.271 e. The van der Waals surface area contributed by atoms with E-state index in [1.54, 1.807) is 12.1 Å². The maximum atomic E-state index is 12.6. The van der Waals surface area contributed by atoms with E-state index in [0.29, 0.717) is 23.8 Å². The lowest BCUT2D eigenvalue weighted by molar-refractivity contribution is 0.0897. The SMILES string of the molecule is CC(CC(O)c1ccco1)NC(=O)c1cc(C2CC2)n(C(C)(C)C)n1. The second-order valence-electron chi connectivity index (χ2n) is 7.95. The van der Waals surface area contributed by atoms with Crippen LogP contribution in [0.4, 0.5) is 0 Å². The number of nitrogens with zero attached hydrogens (tertiary/aromatic N) is 2. The lowest BCUT2D eigenvalue weighted by atomic mass is 10.1. The summed E-state index contributed by atoms with van der Waals surface area (Å²) < 4.78 is 7.17. The molecule has 0 aromatic carbocycles. The van der Waals surface area contributed by atoms with E-state index in [9.17, 15) is 9.90 Å². The first-order valence-electron chi connectivity index (χ1n) is 8.88. The predicted octanol–water partition coefficient (Wildman–Crippen LogP) is 3.35. The molecule has 2 unspecified atom stereocenters. The molecule has 25 heavy (non-hydrogen) atoms. The molecule has 2 heterocycles. The Labute approximate surface area is 148 Å². The fraction of sp³-hybridized carbons (Fsp3) is 0.579. The highest BCUT2D eigenvalue weighted by Gasteiger charge is 2.32. The van der Waals surface area contributed by atoms with Crippen LogP contribution in [0.2, 0.25) is 0 Å². The van der Waals surface area contributed by atoms with Gasteiger partial charge in [-0.25, -0.2) is 0 Å². The molecule has 2 aromatic rings. The molecule has 2 aromatic heterocycles. The maximum absolute atomic E-state index is 12.6. The van der Waals surface area contributed by atoms with Gasteiger partial charge < -0.3 is 14.8 Å². The lowest BCUT2D eigenvalue weighted by Gasteiger charge is -2.22. The highest BCUT2D eigenvalue weighted by molar-refractivity contribution is 5.92. The van der Waals surface area contributed by atoms with Gasteiger partial charge in [0.25, 0.3) is 5.91 Å². The van der Waals surface area contributed by atoms with Crippen LogP contribution < -0.4 is 5.32 Å². The van der Waals surface area contributed by atoms with Crippen molar-refractivity contribution in [2.24, 2.45) is 0 Å². The maximum Gasteiger partial charge on any atom is 0.271 e. The van der Waals surface area contributed by atoms with Crippen molar-refractivity contribution in [3.05, 3.63) is 41.6 Å². The number of hydrogen-bond acceptors (Lipinski definition) is 4. The molecule has 0 bridgehead atoms. The van der Waals surface area contributed by atoms with Crippen LogP contribution in [0, 0.1) is 0 Å². The van der Waals surface area contributed by atoms with Gasteiger partial charge in [-0.3, -0.25) is 9.48 Å². The van der Waals surface area contributed by atoms with Crippen molar-refractivity contribution >= 4 is 5.91 Å². The number of aromatic nitrogens is 2. The summed E-state index contributed by atoms with van der Waals surface area (Å²) in [6.45, 7) is 8.15. The molecule has 0 aliphatic heterocycles. The van der Waals surface area contributed by atoms with Gasteiger partial charge in [-0.15, -0.1) is 0 Å². The molecule has 136 valence electrons. The molecule has 0 radical (unpaired) electrons. The Morgan fingerprint density at radius 2 is 2.20 bits per heavy atom. The molecule has 6 heteroatoms. The monoisotopic (exact) mass is 345 g/mol. The zero-order valence-corrected chi connectivity index (χ0v) is 15.3. The summed E-state index contributed by atoms with van der Waals surface area (Å²) in [4.78, 5) is 12.6. The molecule has 0 saturated heterocycles. The molecule has 1 saturated carbocycles. The van der Waals surface area contributed by atoms with Crippen LogP contribution in [0.1, 0.15) is 80.9 Å². The second kappa shape index (κ2) is 6.67. The fourth-order valence-electron chi connectivity index (χ4n) is 3.00. The Bertz CT molecular complexity index is 724. The third-order valence-corrected chi connectivity index (χ3v) is 4.43. The molecule has 1 aliphatic rings. The number of aliphatic hydroxyl groups excluding tert-OH is 1. The van der Waals surface area contributed by atoms with E-state index in [2.05, 4.69) is 31.2 Å². The Morgan fingerprint density at radius 3 is 2.76 bits per heavy atom. The normalized spacial score (nSPS) is 17.3. The number of furan rings is 1. The third-order valence-electron chi connectivity index (χ3n) is 4.43. The third kappa shape index (κ3) is 4.12. The number of nitrogens with one attached hydrogen (secondary N) is 1. The van der Waals surface area contributed by atoms with Gasteiger partial charge in [-0.2, -0.15) is 5.10 Å². The van der Waals surface area contributed by atoms with Gasteiger partial charge in [0.1, 0.15) is 17.6 Å². The van der Waals surface area contributed by atoms with Crippen molar-refractivity contribution in [1.29, 1.82) is 0 Å². The quantitative estimate of drug-likeness (QED) is 0.841. The number of carbonyl (C=O) groups is 1. The van der Waals surface area contributed by atoms with Crippen molar-refractivity contribution in [1.82, 2.24) is 15.1 Å². The second-order valence-corrected chi connectivity index (χ2v) is 7.95. The highest BCUT2D eigenvalue weighted by atomic mass is 16.4. The molecule has 6 nitrogen and oxygen atoms in total. The summed E-state index contributed by atoms with van der Waals surface area (Å²) in [6, 6.07) is 5.18. The number of rotatable bonds is 6. The minimum absolute atomic E-state index is 0.155. The zero-order chi connectivity index (χ0) is 18.2. The molecular formula is C19H27N3O3. The average Bonchev–Trinajstić information content (AvgIpc) is 3.03. The molecule has 3 rings (SSSR count). The van der Waals surface area contributed by atoms with Crippen LogP contribution in [0.5, 0.6) is 0 Å². The van der Waals surface area contributed by atoms with Crippen molar-refractivity contribution < 1.29 is 14.3 Å². The lowest BCUT2D eigenvalue weighted by Crippen LogP contribution is -2.34. The van der Waals surface area contributed by atoms with Crippen molar-refractivity contribution in [3.8, 4) is 0 Å². The standard InChI is InChI=1S/C19H27N3O3/c1-12(10-16(23)17-6-5-9-25-17)20-18(24)14-11-15(13-7-8-13)22(21-14)19(2,3)4/h5-6,9,11-13,16,23H,7-8,10H2,1-4H3,(H,20,24). The molecule has 2 atom stereocenters. The Hall–Kier alpha value is -2.08. The van der Waals surface area contributed by atoms with Crippen molar-refractivity contribution in [2.45, 2.75) is 70.6 Å². The minimum atomic E-state index is -0.737. The van der Waals surface area contributed by atoms with E-state index < -0.39 is 6.10 Å². The first-order valence-corrected chi connectivity index (χ1v) is 8.88. The van der Waals surface area contributed by atoms with Crippen LogP contribution >= 0.6 is 0 Å². The van der Waals surface area contributed by atoms with Gasteiger partial charge >= 0.3 is 0 Å². The van der Waals surface area contributed by atoms with Crippen LogP contribution in [-0.4, -0.2) is 26.8 Å². The van der Waals surface area contributed by atoms with Crippen LogP contribution in [-0.2, 0) is 5.54 Å². The van der Waals surface area contributed by atoms with Crippen LogP contribution in [0.15, 0.2) is 28.9 Å². The van der Waals surface area contributed by atoms with Gasteiger partial charge in [-0.1, -0.05) is 0 Å². The van der Waals surface area contributed by atoms with Gasteiger partial charge in [0.2, 0.25) is 0 Å². The van der Waals surface area contributed by atoms with Gasteiger partial charge in [0.05, 0.1) is 11.8 Å². The van der Waals surface area contributed by atoms with E-state index in [4.69, 9.17) is 4.42 Å². The van der Waals surface area contributed by atoms with E-state index in [1.807, 2.05) is 17.7 Å². The predicted molar refractivity (Wildman–Crippen MR) is 94.4 cm³/mol. The molecule has 1 amide bonds. The number of carbonyl (C=O) groups excluding carboxylic acids is 1. The summed E-state index contributed by atoms with van der Waals surface area (Å²) in [5.74, 6) is 0.824. The largest absolute Gasteiger partial charge is 0.467 e. The minimum Gasteiger partial charge on any atom is -0.467 e. The number of aliphatic hydroxyl groups is 1.